The standard InChI is InChI=1S/C20H19N5O/c1-14-11-16(20(26)24-17-4-8-21-9-5-17)12-23-19(14)25-10-6-18-15(13-25)3-2-7-22-18/h2-5,7-9,11-12H,6,10,13H2,1H3,(H,21,24,26). The lowest BCUT2D eigenvalue weighted by Gasteiger charge is -2.30. The Kier molecular flexibility index (Phi) is 4.31. The van der Waals surface area contributed by atoms with Crippen LogP contribution in [-0.4, -0.2) is 27.4 Å². The van der Waals surface area contributed by atoms with Crippen LogP contribution < -0.4 is 10.2 Å². The first kappa shape index (κ1) is 16.2. The Morgan fingerprint density at radius 3 is 2.81 bits per heavy atom. The highest BCUT2D eigenvalue weighted by atomic mass is 16.1. The van der Waals surface area contributed by atoms with E-state index in [4.69, 9.17) is 0 Å². The fourth-order valence-corrected chi connectivity index (χ4v) is 3.21. The molecular formula is C20H19N5O. The largest absolute Gasteiger partial charge is 0.352 e. The zero-order valence-corrected chi connectivity index (χ0v) is 14.5. The van der Waals surface area contributed by atoms with Crippen molar-refractivity contribution >= 4 is 17.4 Å². The summed E-state index contributed by atoms with van der Waals surface area (Å²) in [6, 6.07) is 9.48. The molecule has 0 radical (unpaired) electrons. The second-order valence-corrected chi connectivity index (χ2v) is 6.34. The Morgan fingerprint density at radius 1 is 1.15 bits per heavy atom. The first-order valence-corrected chi connectivity index (χ1v) is 8.56. The number of hydrogen-bond acceptors (Lipinski definition) is 5. The van der Waals surface area contributed by atoms with Crippen LogP contribution in [0.15, 0.2) is 55.1 Å². The van der Waals surface area contributed by atoms with Crippen molar-refractivity contribution in [3.05, 3.63) is 77.5 Å². The van der Waals surface area contributed by atoms with E-state index in [2.05, 4.69) is 31.2 Å². The number of anilines is 2. The van der Waals surface area contributed by atoms with E-state index in [1.165, 1.54) is 5.56 Å². The maximum Gasteiger partial charge on any atom is 0.257 e. The monoisotopic (exact) mass is 345 g/mol. The lowest BCUT2D eigenvalue weighted by atomic mass is 10.0. The highest BCUT2D eigenvalue weighted by Crippen LogP contribution is 2.25. The zero-order valence-electron chi connectivity index (χ0n) is 14.5. The first-order valence-electron chi connectivity index (χ1n) is 8.56. The van der Waals surface area contributed by atoms with Crippen LogP contribution in [0.4, 0.5) is 11.5 Å². The van der Waals surface area contributed by atoms with E-state index >= 15 is 0 Å². The molecule has 1 aliphatic rings. The molecule has 3 aromatic heterocycles. The number of aromatic nitrogens is 3. The summed E-state index contributed by atoms with van der Waals surface area (Å²) in [4.78, 5) is 27.6. The van der Waals surface area contributed by atoms with Gasteiger partial charge in [-0.1, -0.05) is 6.07 Å². The van der Waals surface area contributed by atoms with Crippen LogP contribution in [-0.2, 0) is 13.0 Å². The van der Waals surface area contributed by atoms with Crippen molar-refractivity contribution in [1.82, 2.24) is 15.0 Å². The van der Waals surface area contributed by atoms with Gasteiger partial charge in [-0.3, -0.25) is 14.8 Å². The van der Waals surface area contributed by atoms with Crippen molar-refractivity contribution in [2.24, 2.45) is 0 Å². The van der Waals surface area contributed by atoms with E-state index in [0.717, 1.165) is 36.6 Å². The van der Waals surface area contributed by atoms with E-state index in [1.807, 2.05) is 25.3 Å². The Bertz CT molecular complexity index is 942. The normalized spacial score (nSPS) is 13.2. The molecule has 0 saturated heterocycles. The van der Waals surface area contributed by atoms with E-state index < -0.39 is 0 Å². The second kappa shape index (κ2) is 6.92. The van der Waals surface area contributed by atoms with Crippen molar-refractivity contribution in [2.75, 3.05) is 16.8 Å². The van der Waals surface area contributed by atoms with Gasteiger partial charge in [0.2, 0.25) is 0 Å². The highest BCUT2D eigenvalue weighted by molar-refractivity contribution is 6.04. The molecule has 130 valence electrons. The van der Waals surface area contributed by atoms with Gasteiger partial charge in [0.15, 0.2) is 0 Å². The smallest absolute Gasteiger partial charge is 0.257 e. The van der Waals surface area contributed by atoms with E-state index in [0.29, 0.717) is 11.3 Å². The third-order valence-electron chi connectivity index (χ3n) is 4.51. The number of amides is 1. The minimum Gasteiger partial charge on any atom is -0.352 e. The topological polar surface area (TPSA) is 71.0 Å². The molecule has 6 heteroatoms. The molecule has 0 spiro atoms. The number of hydrogen-bond donors (Lipinski definition) is 1. The average molecular weight is 345 g/mol. The van der Waals surface area contributed by atoms with Gasteiger partial charge in [0.1, 0.15) is 5.82 Å². The molecule has 0 atom stereocenters. The third-order valence-corrected chi connectivity index (χ3v) is 4.51. The SMILES string of the molecule is Cc1cc(C(=O)Nc2ccncc2)cnc1N1CCc2ncccc2C1. The number of carbonyl (C=O) groups excluding carboxylic acids is 1. The zero-order chi connectivity index (χ0) is 17.9. The first-order chi connectivity index (χ1) is 12.7. The molecule has 0 fully saturated rings. The second-order valence-electron chi connectivity index (χ2n) is 6.34. The van der Waals surface area contributed by atoms with E-state index in [1.54, 1.807) is 30.7 Å². The van der Waals surface area contributed by atoms with Crippen LogP contribution in [0.1, 0.15) is 27.2 Å². The van der Waals surface area contributed by atoms with Crippen LogP contribution >= 0.6 is 0 Å². The molecule has 26 heavy (non-hydrogen) atoms. The number of aryl methyl sites for hydroxylation is 1. The van der Waals surface area contributed by atoms with Crippen molar-refractivity contribution in [2.45, 2.75) is 19.9 Å². The molecule has 1 amide bonds. The van der Waals surface area contributed by atoms with Gasteiger partial charge >= 0.3 is 0 Å². The number of nitrogens with zero attached hydrogens (tertiary/aromatic N) is 4. The Morgan fingerprint density at radius 2 is 2.00 bits per heavy atom. The summed E-state index contributed by atoms with van der Waals surface area (Å²) in [6.45, 7) is 3.66. The number of fused-ring (bicyclic) bond motifs is 1. The maximum absolute atomic E-state index is 12.4. The quantitative estimate of drug-likeness (QED) is 0.790. The fraction of sp³-hybridized carbons (Fsp3) is 0.200. The van der Waals surface area contributed by atoms with Gasteiger partial charge in [0.05, 0.1) is 5.56 Å². The van der Waals surface area contributed by atoms with E-state index in [-0.39, 0.29) is 5.91 Å². The van der Waals surface area contributed by atoms with Crippen molar-refractivity contribution < 1.29 is 4.79 Å². The maximum atomic E-state index is 12.4. The third kappa shape index (κ3) is 3.26. The van der Waals surface area contributed by atoms with Gasteiger partial charge in [0, 0.05) is 55.7 Å². The molecule has 3 aromatic rings. The number of carbonyl (C=O) groups is 1. The number of nitrogens with one attached hydrogen (secondary N) is 1. The summed E-state index contributed by atoms with van der Waals surface area (Å²) in [7, 11) is 0. The summed E-state index contributed by atoms with van der Waals surface area (Å²) in [5, 5.41) is 2.86. The summed E-state index contributed by atoms with van der Waals surface area (Å²) in [6.07, 6.45) is 7.67. The summed E-state index contributed by atoms with van der Waals surface area (Å²) in [5.41, 5.74) is 4.64. The summed E-state index contributed by atoms with van der Waals surface area (Å²) >= 11 is 0. The molecule has 0 aromatic carbocycles. The molecule has 0 unspecified atom stereocenters. The van der Waals surface area contributed by atoms with Crippen molar-refractivity contribution in [3.8, 4) is 0 Å². The number of rotatable bonds is 3. The molecule has 4 rings (SSSR count). The predicted molar refractivity (Wildman–Crippen MR) is 100 cm³/mol. The molecule has 6 nitrogen and oxygen atoms in total. The minimum absolute atomic E-state index is 0.175. The van der Waals surface area contributed by atoms with E-state index in [9.17, 15) is 4.79 Å². The van der Waals surface area contributed by atoms with Crippen LogP contribution in [0.2, 0.25) is 0 Å². The predicted octanol–water partition coefficient (Wildman–Crippen LogP) is 3.00. The lowest BCUT2D eigenvalue weighted by molar-refractivity contribution is 0.102. The van der Waals surface area contributed by atoms with Crippen LogP contribution in [0, 0.1) is 6.92 Å². The Hall–Kier alpha value is -3.28. The molecule has 1 aliphatic heterocycles. The van der Waals surface area contributed by atoms with Crippen LogP contribution in [0.3, 0.4) is 0 Å². The molecule has 0 bridgehead atoms. The Labute approximate surface area is 151 Å². The van der Waals surface area contributed by atoms with Crippen molar-refractivity contribution in [3.63, 3.8) is 0 Å². The van der Waals surface area contributed by atoms with Crippen molar-refractivity contribution in [1.29, 1.82) is 0 Å². The average Bonchev–Trinajstić information content (AvgIpc) is 2.68. The molecule has 0 aliphatic carbocycles. The highest BCUT2D eigenvalue weighted by Gasteiger charge is 2.20. The molecule has 0 saturated carbocycles. The summed E-state index contributed by atoms with van der Waals surface area (Å²) < 4.78 is 0. The fourth-order valence-electron chi connectivity index (χ4n) is 3.21. The van der Waals surface area contributed by atoms with Gasteiger partial charge in [-0.2, -0.15) is 0 Å². The minimum atomic E-state index is -0.175. The molecule has 1 N–H and O–H groups in total. The summed E-state index contributed by atoms with van der Waals surface area (Å²) in [5.74, 6) is 0.742. The van der Waals surface area contributed by atoms with Crippen LogP contribution in [0.5, 0.6) is 0 Å². The lowest BCUT2D eigenvalue weighted by Crippen LogP contribution is -2.32. The Balaban J connectivity index is 1.52. The molecule has 4 heterocycles. The van der Waals surface area contributed by atoms with Gasteiger partial charge in [-0.05, 0) is 42.3 Å². The van der Waals surface area contributed by atoms with Gasteiger partial charge < -0.3 is 10.2 Å². The van der Waals surface area contributed by atoms with Gasteiger partial charge in [-0.25, -0.2) is 4.98 Å². The molecular weight excluding hydrogens is 326 g/mol. The van der Waals surface area contributed by atoms with Crippen LogP contribution in [0.25, 0.3) is 0 Å². The van der Waals surface area contributed by atoms with Gasteiger partial charge in [-0.15, -0.1) is 0 Å². The number of pyridine rings is 3. The van der Waals surface area contributed by atoms with Gasteiger partial charge in [0.25, 0.3) is 5.91 Å².